The van der Waals surface area contributed by atoms with Crippen molar-refractivity contribution in [3.63, 3.8) is 0 Å². The second-order valence-corrected chi connectivity index (χ2v) is 10.5. The van der Waals surface area contributed by atoms with E-state index in [1.165, 1.54) is 11.8 Å². The van der Waals surface area contributed by atoms with Crippen LogP contribution >= 0.6 is 11.6 Å². The first-order valence-corrected chi connectivity index (χ1v) is 13.7. The Labute approximate surface area is 226 Å². The zero-order chi connectivity index (χ0) is 27.1. The number of ether oxygens (including phenoxy) is 3. The van der Waals surface area contributed by atoms with Crippen molar-refractivity contribution < 1.29 is 28.3 Å². The van der Waals surface area contributed by atoms with Crippen molar-refractivity contribution in [1.29, 1.82) is 0 Å². The standard InChI is InChI=1S/C27H35ClN2O6S/c1-6-7-8-24-23(17-31)27(30(24)37(33)22-14-18(2)13-20(28)15-22)29(19(3)32)11-12-36-21-9-10-25(34-4)26(16-21)35-5/h9-10,13-16,24,31H,6-8,11-12,17H2,1-5H3. The predicted molar refractivity (Wildman–Crippen MR) is 144 cm³/mol. The summed E-state index contributed by atoms with van der Waals surface area (Å²) < 4.78 is 32.0. The Morgan fingerprint density at radius 3 is 2.49 bits per heavy atom. The minimum absolute atomic E-state index is 0.174. The Balaban J connectivity index is 1.87. The van der Waals surface area contributed by atoms with Crippen molar-refractivity contribution in [3.05, 3.63) is 58.4 Å². The highest BCUT2D eigenvalue weighted by Crippen LogP contribution is 2.40. The van der Waals surface area contributed by atoms with Crippen LogP contribution in [-0.4, -0.2) is 64.4 Å². The zero-order valence-corrected chi connectivity index (χ0v) is 23.5. The minimum Gasteiger partial charge on any atom is -0.493 e. The lowest BCUT2D eigenvalue weighted by Gasteiger charge is -2.48. The van der Waals surface area contributed by atoms with Gasteiger partial charge in [-0.1, -0.05) is 31.4 Å². The van der Waals surface area contributed by atoms with Gasteiger partial charge < -0.3 is 19.3 Å². The number of aliphatic hydroxyl groups is 1. The highest BCUT2D eigenvalue weighted by atomic mass is 35.5. The number of carbonyl (C=O) groups is 1. The van der Waals surface area contributed by atoms with E-state index in [0.717, 1.165) is 24.8 Å². The smallest absolute Gasteiger partial charge is 0.225 e. The fourth-order valence-electron chi connectivity index (χ4n) is 4.36. The summed E-state index contributed by atoms with van der Waals surface area (Å²) in [7, 11) is 1.48. The fraction of sp³-hybridized carbons (Fsp3) is 0.444. The van der Waals surface area contributed by atoms with Crippen molar-refractivity contribution in [2.45, 2.75) is 51.0 Å². The summed E-state index contributed by atoms with van der Waals surface area (Å²) in [4.78, 5) is 14.8. The molecule has 3 rings (SSSR count). The van der Waals surface area contributed by atoms with Crippen molar-refractivity contribution in [1.82, 2.24) is 9.21 Å². The van der Waals surface area contributed by atoms with Crippen molar-refractivity contribution in [2.75, 3.05) is 34.0 Å². The number of aryl methyl sites for hydroxylation is 1. The summed E-state index contributed by atoms with van der Waals surface area (Å²) >= 11 is 6.25. The third-order valence-electron chi connectivity index (χ3n) is 6.15. The van der Waals surface area contributed by atoms with Crippen LogP contribution in [0.3, 0.4) is 0 Å². The van der Waals surface area contributed by atoms with E-state index in [1.54, 1.807) is 48.9 Å². The second kappa shape index (κ2) is 13.2. The molecule has 1 amide bonds. The highest BCUT2D eigenvalue weighted by Gasteiger charge is 2.44. The Morgan fingerprint density at radius 1 is 1.16 bits per heavy atom. The summed E-state index contributed by atoms with van der Waals surface area (Å²) in [5.74, 6) is 1.89. The van der Waals surface area contributed by atoms with Crippen LogP contribution in [0.4, 0.5) is 0 Å². The number of hydrogen-bond donors (Lipinski definition) is 1. The van der Waals surface area contributed by atoms with Crippen LogP contribution in [0.15, 0.2) is 52.7 Å². The third kappa shape index (κ3) is 6.58. The van der Waals surface area contributed by atoms with Gasteiger partial charge in [0.1, 0.15) is 18.2 Å². The second-order valence-electron chi connectivity index (χ2n) is 8.74. The first-order chi connectivity index (χ1) is 17.7. The summed E-state index contributed by atoms with van der Waals surface area (Å²) in [5.41, 5.74) is 1.59. The number of halogens is 1. The lowest BCUT2D eigenvalue weighted by molar-refractivity contribution is -0.128. The summed E-state index contributed by atoms with van der Waals surface area (Å²) in [5, 5.41) is 10.7. The number of rotatable bonds is 13. The molecule has 0 aromatic heterocycles. The number of amides is 1. The monoisotopic (exact) mass is 550 g/mol. The van der Waals surface area contributed by atoms with E-state index < -0.39 is 11.0 Å². The Hall–Kier alpha value is -2.75. The van der Waals surface area contributed by atoms with Crippen molar-refractivity contribution in [2.24, 2.45) is 0 Å². The van der Waals surface area contributed by atoms with Gasteiger partial charge in [0.15, 0.2) is 22.5 Å². The topological polar surface area (TPSA) is 88.5 Å². The molecule has 202 valence electrons. The summed E-state index contributed by atoms with van der Waals surface area (Å²) in [6, 6.07) is 10.3. The van der Waals surface area contributed by atoms with E-state index in [4.69, 9.17) is 25.8 Å². The van der Waals surface area contributed by atoms with E-state index >= 15 is 0 Å². The van der Waals surface area contributed by atoms with Crippen LogP contribution in [-0.2, 0) is 15.8 Å². The van der Waals surface area contributed by atoms with Gasteiger partial charge in [0.2, 0.25) is 5.91 Å². The first-order valence-electron chi connectivity index (χ1n) is 12.2. The maximum Gasteiger partial charge on any atom is 0.225 e. The summed E-state index contributed by atoms with van der Waals surface area (Å²) in [6.07, 6.45) is 2.57. The molecule has 2 atom stereocenters. The molecular weight excluding hydrogens is 516 g/mol. The number of carbonyl (C=O) groups excluding carboxylic acids is 1. The SMILES string of the molecule is CCCCC1C(CO)=C(N(CCOc2ccc(OC)c(OC)c2)C(C)=O)N1S(=O)c1cc(C)cc(Cl)c1. The number of benzene rings is 2. The average Bonchev–Trinajstić information content (AvgIpc) is 2.86. The van der Waals surface area contributed by atoms with E-state index in [-0.39, 0.29) is 31.7 Å². The molecule has 0 radical (unpaired) electrons. The van der Waals surface area contributed by atoms with Crippen LogP contribution in [0.25, 0.3) is 0 Å². The largest absolute Gasteiger partial charge is 0.493 e. The lowest BCUT2D eigenvalue weighted by Crippen LogP contribution is -2.55. The average molecular weight is 551 g/mol. The number of aliphatic hydroxyl groups excluding tert-OH is 1. The van der Waals surface area contributed by atoms with Crippen LogP contribution in [0.1, 0.15) is 38.7 Å². The van der Waals surface area contributed by atoms with Crippen LogP contribution in [0, 0.1) is 6.92 Å². The highest BCUT2D eigenvalue weighted by molar-refractivity contribution is 7.83. The molecule has 0 spiro atoms. The zero-order valence-electron chi connectivity index (χ0n) is 22.0. The van der Waals surface area contributed by atoms with Crippen LogP contribution in [0.5, 0.6) is 17.2 Å². The molecule has 1 heterocycles. The molecule has 8 nitrogen and oxygen atoms in total. The Kier molecular flexibility index (Phi) is 10.3. The molecule has 2 aromatic rings. The molecule has 0 saturated heterocycles. The molecule has 10 heteroatoms. The Morgan fingerprint density at radius 2 is 1.89 bits per heavy atom. The number of methoxy groups -OCH3 is 2. The molecule has 1 aliphatic rings. The van der Waals surface area contributed by atoms with Crippen molar-refractivity contribution >= 4 is 28.5 Å². The maximum atomic E-state index is 13.8. The molecule has 0 fully saturated rings. The summed E-state index contributed by atoms with van der Waals surface area (Å²) in [6.45, 7) is 5.56. The molecular formula is C27H35ClN2O6S. The normalized spacial score (nSPS) is 15.8. The molecule has 1 N–H and O–H groups in total. The van der Waals surface area contributed by atoms with E-state index in [1.807, 2.05) is 13.0 Å². The van der Waals surface area contributed by atoms with Gasteiger partial charge in [-0.25, -0.2) is 4.21 Å². The lowest BCUT2D eigenvalue weighted by atomic mass is 9.94. The first kappa shape index (κ1) is 28.8. The van der Waals surface area contributed by atoms with Crippen LogP contribution in [0.2, 0.25) is 5.02 Å². The predicted octanol–water partition coefficient (Wildman–Crippen LogP) is 4.69. The molecule has 0 bridgehead atoms. The van der Waals surface area contributed by atoms with E-state index in [2.05, 4.69) is 6.92 Å². The van der Waals surface area contributed by atoms with Gasteiger partial charge in [-0.3, -0.25) is 14.0 Å². The molecule has 1 aliphatic heterocycles. The maximum absolute atomic E-state index is 13.8. The number of nitrogens with zero attached hydrogens (tertiary/aromatic N) is 2. The molecule has 37 heavy (non-hydrogen) atoms. The van der Waals surface area contributed by atoms with Crippen molar-refractivity contribution in [3.8, 4) is 17.2 Å². The van der Waals surface area contributed by atoms with Crippen LogP contribution < -0.4 is 14.2 Å². The van der Waals surface area contributed by atoms with E-state index in [9.17, 15) is 14.1 Å². The van der Waals surface area contributed by atoms with Gasteiger partial charge in [-0.05, 0) is 49.2 Å². The fourth-order valence-corrected chi connectivity index (χ4v) is 6.29. The molecule has 0 saturated carbocycles. The van der Waals surface area contributed by atoms with Gasteiger partial charge in [-0.2, -0.15) is 0 Å². The van der Waals surface area contributed by atoms with Gasteiger partial charge in [0, 0.05) is 23.6 Å². The number of unbranched alkanes of at least 4 members (excludes halogenated alkanes) is 1. The molecule has 2 aromatic carbocycles. The van der Waals surface area contributed by atoms with Gasteiger partial charge in [0.05, 0.1) is 38.3 Å². The van der Waals surface area contributed by atoms with E-state index in [0.29, 0.717) is 38.6 Å². The van der Waals surface area contributed by atoms with Gasteiger partial charge in [0.25, 0.3) is 0 Å². The molecule has 2 unspecified atom stereocenters. The van der Waals surface area contributed by atoms with Gasteiger partial charge >= 0.3 is 0 Å². The number of hydrogen-bond acceptors (Lipinski definition) is 6. The van der Waals surface area contributed by atoms with Gasteiger partial charge in [-0.15, -0.1) is 0 Å². The molecule has 0 aliphatic carbocycles. The Bertz CT molecular complexity index is 1150. The minimum atomic E-state index is -1.62. The third-order valence-corrected chi connectivity index (χ3v) is 7.79. The quantitative estimate of drug-likeness (QED) is 0.389.